The first-order chi connectivity index (χ1) is 10.8. The number of ether oxygens (including phenoxy) is 1. The average Bonchev–Trinajstić information content (AvgIpc) is 3.11. The molecule has 1 aromatic heterocycles. The van der Waals surface area contributed by atoms with Gasteiger partial charge in [0, 0.05) is 12.6 Å². The molecule has 1 aliphatic carbocycles. The fraction of sp³-hybridized carbons (Fsp3) is 0.706. The molecular formula is C17H24N2O3. The van der Waals surface area contributed by atoms with Crippen molar-refractivity contribution < 1.29 is 13.9 Å². The number of hydrogen-bond acceptors (Lipinski definition) is 4. The molecule has 4 rings (SSSR count). The Morgan fingerprint density at radius 1 is 1.36 bits per heavy atom. The Kier molecular flexibility index (Phi) is 3.92. The van der Waals surface area contributed by atoms with E-state index < -0.39 is 0 Å². The Morgan fingerprint density at radius 2 is 2.27 bits per heavy atom. The van der Waals surface area contributed by atoms with Crippen molar-refractivity contribution in [3.8, 4) is 0 Å². The predicted octanol–water partition coefficient (Wildman–Crippen LogP) is 1.93. The third-order valence-electron chi connectivity index (χ3n) is 5.48. The molecule has 3 aliphatic rings. The second-order valence-electron chi connectivity index (χ2n) is 6.82. The number of fused-ring (bicyclic) bond motifs is 1. The van der Waals surface area contributed by atoms with Gasteiger partial charge in [-0.2, -0.15) is 0 Å². The maximum Gasteiger partial charge on any atom is 0.249 e. The third kappa shape index (κ3) is 2.79. The van der Waals surface area contributed by atoms with E-state index in [1.807, 2.05) is 12.1 Å². The summed E-state index contributed by atoms with van der Waals surface area (Å²) in [6, 6.07) is 4.47. The van der Waals surface area contributed by atoms with Gasteiger partial charge in [0.05, 0.1) is 18.9 Å². The van der Waals surface area contributed by atoms with Crippen LogP contribution < -0.4 is 5.32 Å². The smallest absolute Gasteiger partial charge is 0.249 e. The van der Waals surface area contributed by atoms with Crippen molar-refractivity contribution in [2.45, 2.75) is 56.9 Å². The van der Waals surface area contributed by atoms with Gasteiger partial charge in [-0.3, -0.25) is 9.69 Å². The van der Waals surface area contributed by atoms with Gasteiger partial charge in [-0.1, -0.05) is 6.42 Å². The van der Waals surface area contributed by atoms with E-state index >= 15 is 0 Å². The van der Waals surface area contributed by atoms with Crippen molar-refractivity contribution in [1.82, 2.24) is 10.2 Å². The summed E-state index contributed by atoms with van der Waals surface area (Å²) >= 11 is 0. The van der Waals surface area contributed by atoms with Crippen LogP contribution in [0.25, 0.3) is 0 Å². The zero-order chi connectivity index (χ0) is 14.9. The number of amides is 1. The van der Waals surface area contributed by atoms with E-state index in [1.54, 1.807) is 6.26 Å². The van der Waals surface area contributed by atoms with Crippen molar-refractivity contribution in [2.75, 3.05) is 13.1 Å². The molecule has 5 nitrogen and oxygen atoms in total. The zero-order valence-corrected chi connectivity index (χ0v) is 12.9. The molecule has 0 radical (unpaired) electrons. The lowest BCUT2D eigenvalue weighted by molar-refractivity contribution is -0.133. The molecule has 1 amide bonds. The van der Waals surface area contributed by atoms with Crippen LogP contribution in [0.3, 0.4) is 0 Å². The molecule has 0 spiro atoms. The zero-order valence-electron chi connectivity index (χ0n) is 12.9. The van der Waals surface area contributed by atoms with Crippen LogP contribution in [-0.4, -0.2) is 42.1 Å². The summed E-state index contributed by atoms with van der Waals surface area (Å²) in [6.45, 7) is 2.63. The molecule has 5 heteroatoms. The minimum absolute atomic E-state index is 0.000921. The minimum Gasteiger partial charge on any atom is -0.467 e. The Balaban J connectivity index is 1.29. The number of nitrogens with zero attached hydrogens (tertiary/aromatic N) is 1. The predicted molar refractivity (Wildman–Crippen MR) is 81.2 cm³/mol. The molecular weight excluding hydrogens is 280 g/mol. The quantitative estimate of drug-likeness (QED) is 0.923. The van der Waals surface area contributed by atoms with E-state index in [1.165, 1.54) is 32.2 Å². The van der Waals surface area contributed by atoms with Crippen LogP contribution in [0.5, 0.6) is 0 Å². The highest BCUT2D eigenvalue weighted by Crippen LogP contribution is 2.36. The molecule has 3 heterocycles. The van der Waals surface area contributed by atoms with Crippen molar-refractivity contribution in [2.24, 2.45) is 5.92 Å². The van der Waals surface area contributed by atoms with E-state index in [2.05, 4.69) is 10.2 Å². The van der Waals surface area contributed by atoms with Gasteiger partial charge in [-0.05, 0) is 50.3 Å². The summed E-state index contributed by atoms with van der Waals surface area (Å²) in [5, 5.41) is 2.92. The van der Waals surface area contributed by atoms with E-state index in [0.29, 0.717) is 12.5 Å². The standard InChI is InChI=1S/C17H24N2O3/c20-17(18-10-14-5-2-8-21-14)15-9-12-6-7-19(11-16(12)22-15)13-3-1-4-13/h2,5,8,12-13,15-16H,1,3-4,6-7,9-11H2,(H,18,20)/t12-,15+,16+/m0/s1. The first kappa shape index (κ1) is 14.3. The fourth-order valence-corrected chi connectivity index (χ4v) is 3.91. The van der Waals surface area contributed by atoms with Gasteiger partial charge in [0.2, 0.25) is 5.91 Å². The van der Waals surface area contributed by atoms with Gasteiger partial charge >= 0.3 is 0 Å². The lowest BCUT2D eigenvalue weighted by atomic mass is 9.86. The molecule has 3 atom stereocenters. The molecule has 0 bridgehead atoms. The fourth-order valence-electron chi connectivity index (χ4n) is 3.91. The van der Waals surface area contributed by atoms with Gasteiger partial charge < -0.3 is 14.5 Å². The average molecular weight is 304 g/mol. The summed E-state index contributed by atoms with van der Waals surface area (Å²) < 4.78 is 11.3. The maximum atomic E-state index is 12.3. The monoisotopic (exact) mass is 304 g/mol. The number of hydrogen-bond donors (Lipinski definition) is 1. The number of carbonyl (C=O) groups excluding carboxylic acids is 1. The molecule has 2 aliphatic heterocycles. The summed E-state index contributed by atoms with van der Waals surface area (Å²) in [4.78, 5) is 14.9. The first-order valence-corrected chi connectivity index (χ1v) is 8.49. The van der Waals surface area contributed by atoms with Crippen LogP contribution in [0.1, 0.15) is 37.9 Å². The van der Waals surface area contributed by atoms with E-state index in [4.69, 9.17) is 9.15 Å². The van der Waals surface area contributed by atoms with Crippen molar-refractivity contribution in [3.63, 3.8) is 0 Å². The number of rotatable bonds is 4. The number of carbonyl (C=O) groups is 1. The van der Waals surface area contributed by atoms with Crippen molar-refractivity contribution >= 4 is 5.91 Å². The van der Waals surface area contributed by atoms with Crippen LogP contribution in [0.2, 0.25) is 0 Å². The molecule has 1 N–H and O–H groups in total. The van der Waals surface area contributed by atoms with E-state index in [0.717, 1.165) is 24.8 Å². The first-order valence-electron chi connectivity index (χ1n) is 8.49. The highest BCUT2D eigenvalue weighted by Gasteiger charge is 2.43. The normalized spacial score (nSPS) is 32.5. The summed E-state index contributed by atoms with van der Waals surface area (Å²) in [6.07, 6.45) is 7.66. The van der Waals surface area contributed by atoms with Crippen LogP contribution >= 0.6 is 0 Å². The second kappa shape index (κ2) is 6.05. The highest BCUT2D eigenvalue weighted by molar-refractivity contribution is 5.81. The molecule has 22 heavy (non-hydrogen) atoms. The van der Waals surface area contributed by atoms with Gasteiger partial charge in [0.25, 0.3) is 0 Å². The molecule has 120 valence electrons. The Hall–Kier alpha value is -1.33. The van der Waals surface area contributed by atoms with Crippen LogP contribution in [0.4, 0.5) is 0 Å². The minimum atomic E-state index is -0.286. The molecule has 2 saturated heterocycles. The molecule has 0 aromatic carbocycles. The highest BCUT2D eigenvalue weighted by atomic mass is 16.5. The summed E-state index contributed by atoms with van der Waals surface area (Å²) in [7, 11) is 0. The maximum absolute atomic E-state index is 12.3. The number of nitrogens with one attached hydrogen (secondary N) is 1. The second-order valence-corrected chi connectivity index (χ2v) is 6.82. The summed E-state index contributed by atoms with van der Waals surface area (Å²) in [5.41, 5.74) is 0. The van der Waals surface area contributed by atoms with Gasteiger partial charge in [0.1, 0.15) is 11.9 Å². The molecule has 1 saturated carbocycles. The van der Waals surface area contributed by atoms with Crippen molar-refractivity contribution in [3.05, 3.63) is 24.2 Å². The van der Waals surface area contributed by atoms with Crippen LogP contribution in [0.15, 0.2) is 22.8 Å². The largest absolute Gasteiger partial charge is 0.467 e. The Morgan fingerprint density at radius 3 is 3.00 bits per heavy atom. The summed E-state index contributed by atoms with van der Waals surface area (Å²) in [5.74, 6) is 1.33. The van der Waals surface area contributed by atoms with Gasteiger partial charge in [-0.25, -0.2) is 0 Å². The molecule has 1 aromatic rings. The lowest BCUT2D eigenvalue weighted by Crippen LogP contribution is -2.49. The van der Waals surface area contributed by atoms with Gasteiger partial charge in [0.15, 0.2) is 0 Å². The van der Waals surface area contributed by atoms with Crippen LogP contribution in [0, 0.1) is 5.92 Å². The van der Waals surface area contributed by atoms with E-state index in [9.17, 15) is 4.79 Å². The Labute approximate surface area is 131 Å². The SMILES string of the molecule is O=C(NCc1ccco1)[C@H]1C[C@@H]2CCN(C3CCC3)C[C@H]2O1. The van der Waals surface area contributed by atoms with Gasteiger partial charge in [-0.15, -0.1) is 0 Å². The molecule has 3 fully saturated rings. The van der Waals surface area contributed by atoms with Crippen molar-refractivity contribution in [1.29, 1.82) is 0 Å². The topological polar surface area (TPSA) is 54.7 Å². The number of likely N-dealkylation sites (tertiary alicyclic amines) is 1. The number of piperidine rings is 1. The Bertz CT molecular complexity index is 512. The number of furan rings is 1. The third-order valence-corrected chi connectivity index (χ3v) is 5.48. The van der Waals surface area contributed by atoms with Crippen LogP contribution in [-0.2, 0) is 16.1 Å². The van der Waals surface area contributed by atoms with E-state index in [-0.39, 0.29) is 18.1 Å². The lowest BCUT2D eigenvalue weighted by Gasteiger charge is -2.43. The molecule has 0 unspecified atom stereocenters.